The zero-order valence-electron chi connectivity index (χ0n) is 45.1. The number of phenols is 2. The van der Waals surface area contributed by atoms with Gasteiger partial charge in [0.2, 0.25) is 0 Å². The van der Waals surface area contributed by atoms with Gasteiger partial charge in [0.05, 0.1) is 11.4 Å². The number of phenolic OH excluding ortho intramolecular Hbond substituents is 2. The van der Waals surface area contributed by atoms with Crippen molar-refractivity contribution in [3.8, 4) is 11.5 Å². The fourth-order valence-electron chi connectivity index (χ4n) is 11.6. The normalized spacial score (nSPS) is 15.7. The molecule has 8 N–H and O–H groups in total. The lowest BCUT2D eigenvalue weighted by atomic mass is 9.82. The van der Waals surface area contributed by atoms with Crippen LogP contribution in [-0.2, 0) is 128 Å². The summed E-state index contributed by atoms with van der Waals surface area (Å²) in [6.45, 7) is 35.1. The maximum absolute atomic E-state index is 12.2. The number of aromatic nitrogens is 1. The van der Waals surface area contributed by atoms with Crippen LogP contribution in [0.2, 0.25) is 0 Å². The molecule has 1 aromatic heterocycles. The summed E-state index contributed by atoms with van der Waals surface area (Å²) in [5, 5.41) is 47.7. The lowest BCUT2D eigenvalue weighted by Gasteiger charge is -2.28. The largest absolute Gasteiger partial charge is 0.507 e. The Morgan fingerprint density at radius 1 is 0.371 bits per heavy atom. The van der Waals surface area contributed by atoms with Crippen LogP contribution in [0.1, 0.15) is 195 Å². The predicted molar refractivity (Wildman–Crippen MR) is 290 cm³/mol. The van der Waals surface area contributed by atoms with Crippen LogP contribution in [0, 0.1) is 0 Å². The molecule has 0 radical (unpaired) electrons. The van der Waals surface area contributed by atoms with Crippen LogP contribution in [-0.4, -0.2) is 15.2 Å². The lowest BCUT2D eigenvalue weighted by molar-refractivity contribution is 0.451. The monoisotopic (exact) mass is 950 g/mol. The van der Waals surface area contributed by atoms with E-state index >= 15 is 0 Å². The SMILES string of the molecule is CCc1c2c(CC)c3c(CC)c1CNCc1cc(C(C)(C)C)cc(c1O)CNCc1c(CC)c(c(CC)c(c1CC)CNCc1cc(C(C)(C)C)cc(c1O)CNC3)CNCc1cccc(n1)CNC2. The minimum absolute atomic E-state index is 0.0984. The summed E-state index contributed by atoms with van der Waals surface area (Å²) in [4.78, 5) is 5.20. The van der Waals surface area contributed by atoms with Crippen molar-refractivity contribution in [3.05, 3.63) is 154 Å². The summed E-state index contributed by atoms with van der Waals surface area (Å²) in [7, 11) is 0. The molecule has 0 saturated carbocycles. The number of benzene rings is 4. The fourth-order valence-corrected chi connectivity index (χ4v) is 11.6. The molecule has 8 rings (SSSR count). The molecule has 0 aliphatic carbocycles. The summed E-state index contributed by atoms with van der Waals surface area (Å²) in [5.41, 5.74) is 24.6. The standard InChI is InChI=1S/C61H87N7O2/c1-13-46-52-32-62-26-38-22-42(60(7,8)9)24-40(58(38)69)28-64-34-54-47(14-2)55-35-65-29-41-25-43(61(10,11)12)23-39(59(41)70)27-63-33-53(46)49(16-4)56(48(52)15-3)36-66-30-44-20-19-21-45(68-44)31-67-37-57(50(54)17-5)51(55)18-6/h19-25,62-67,69-70H,13-18,26-37H2,1-12H3. The molecule has 0 saturated heterocycles. The molecule has 70 heavy (non-hydrogen) atoms. The fraction of sp³-hybridized carbons (Fsp3) is 0.525. The Morgan fingerprint density at radius 2 is 0.600 bits per heavy atom. The highest BCUT2D eigenvalue weighted by atomic mass is 16.3. The molecule has 3 aliphatic rings. The molecular formula is C61H87N7O2. The average molecular weight is 950 g/mol. The Bertz CT molecular complexity index is 2340. The van der Waals surface area contributed by atoms with E-state index in [1.165, 1.54) is 77.9 Å². The molecule has 0 spiro atoms. The number of fused-ring (bicyclic) bond motifs is 12. The van der Waals surface area contributed by atoms with Gasteiger partial charge in [-0.2, -0.15) is 0 Å². The van der Waals surface area contributed by atoms with E-state index in [0.29, 0.717) is 76.9 Å². The van der Waals surface area contributed by atoms with Crippen LogP contribution in [0.15, 0.2) is 42.5 Å². The van der Waals surface area contributed by atoms with Gasteiger partial charge in [-0.25, -0.2) is 0 Å². The predicted octanol–water partition coefficient (Wildman–Crippen LogP) is 10.8. The zero-order chi connectivity index (χ0) is 50.3. The molecule has 0 amide bonds. The van der Waals surface area contributed by atoms with E-state index in [1.54, 1.807) is 0 Å². The van der Waals surface area contributed by atoms with Crippen LogP contribution in [0.5, 0.6) is 11.5 Å². The van der Waals surface area contributed by atoms with Crippen molar-refractivity contribution in [2.24, 2.45) is 0 Å². The van der Waals surface area contributed by atoms with E-state index in [0.717, 1.165) is 85.3 Å². The smallest absolute Gasteiger partial charge is 0.124 e. The summed E-state index contributed by atoms with van der Waals surface area (Å²) in [6, 6.07) is 15.3. The number of pyridine rings is 1. The van der Waals surface area contributed by atoms with Gasteiger partial charge in [-0.05, 0) is 139 Å². The first-order chi connectivity index (χ1) is 33.6. The lowest BCUT2D eigenvalue weighted by Crippen LogP contribution is -2.26. The Hall–Kier alpha value is -4.61. The Kier molecular flexibility index (Phi) is 17.7. The minimum atomic E-state index is -0.0984. The first-order valence-corrected chi connectivity index (χ1v) is 26.8. The van der Waals surface area contributed by atoms with E-state index in [4.69, 9.17) is 4.98 Å². The van der Waals surface area contributed by atoms with E-state index in [-0.39, 0.29) is 10.8 Å². The highest BCUT2D eigenvalue weighted by Crippen LogP contribution is 2.37. The second kappa shape index (κ2) is 23.3. The van der Waals surface area contributed by atoms with Gasteiger partial charge < -0.3 is 42.1 Å². The molecule has 4 heterocycles. The van der Waals surface area contributed by atoms with Crippen LogP contribution >= 0.6 is 0 Å². The van der Waals surface area contributed by atoms with Crippen LogP contribution < -0.4 is 31.9 Å². The van der Waals surface area contributed by atoms with Crippen LogP contribution in [0.3, 0.4) is 0 Å². The van der Waals surface area contributed by atoms with Crippen LogP contribution in [0.25, 0.3) is 0 Å². The van der Waals surface area contributed by atoms with Crippen LogP contribution in [0.4, 0.5) is 0 Å². The first-order valence-electron chi connectivity index (χ1n) is 26.8. The third-order valence-corrected chi connectivity index (χ3v) is 15.3. The number of hydrogen-bond donors (Lipinski definition) is 8. The summed E-state index contributed by atoms with van der Waals surface area (Å²) in [6.07, 6.45) is 5.44. The minimum Gasteiger partial charge on any atom is -0.507 e. The first kappa shape index (κ1) is 53.2. The molecule has 0 fully saturated rings. The average Bonchev–Trinajstić information content (AvgIpc) is 3.32. The molecule has 9 nitrogen and oxygen atoms in total. The number of nitrogens with one attached hydrogen (secondary N) is 6. The van der Waals surface area contributed by atoms with Gasteiger partial charge in [0, 0.05) is 101 Å². The van der Waals surface area contributed by atoms with Gasteiger partial charge in [0.15, 0.2) is 0 Å². The molecule has 4 aromatic carbocycles. The number of hydrogen-bond acceptors (Lipinski definition) is 9. The third kappa shape index (κ3) is 11.7. The van der Waals surface area contributed by atoms with E-state index in [1.807, 2.05) is 0 Å². The molecular weight excluding hydrogens is 863 g/mol. The third-order valence-electron chi connectivity index (χ3n) is 15.3. The Labute approximate surface area is 421 Å². The van der Waals surface area contributed by atoms with E-state index in [2.05, 4.69) is 157 Å². The molecule has 5 aromatic rings. The molecule has 0 unspecified atom stereocenters. The van der Waals surface area contributed by atoms with Crippen molar-refractivity contribution in [3.63, 3.8) is 0 Å². The molecule has 12 bridgehead atoms. The van der Waals surface area contributed by atoms with Gasteiger partial charge in [0.1, 0.15) is 11.5 Å². The highest BCUT2D eigenvalue weighted by Gasteiger charge is 2.26. The van der Waals surface area contributed by atoms with Gasteiger partial charge in [0.25, 0.3) is 0 Å². The molecule has 378 valence electrons. The maximum Gasteiger partial charge on any atom is 0.124 e. The summed E-state index contributed by atoms with van der Waals surface area (Å²) >= 11 is 0. The second-order valence-corrected chi connectivity index (χ2v) is 21.9. The summed E-state index contributed by atoms with van der Waals surface area (Å²) < 4.78 is 0. The number of rotatable bonds is 6. The quantitative estimate of drug-likeness (QED) is 0.0840. The van der Waals surface area contributed by atoms with E-state index in [9.17, 15) is 10.2 Å². The van der Waals surface area contributed by atoms with Gasteiger partial charge in [-0.15, -0.1) is 0 Å². The number of nitrogens with zero attached hydrogens (tertiary/aromatic N) is 1. The van der Waals surface area contributed by atoms with Crippen molar-refractivity contribution in [1.82, 2.24) is 36.9 Å². The van der Waals surface area contributed by atoms with Gasteiger partial charge in [-0.1, -0.05) is 113 Å². The molecule has 3 aliphatic heterocycles. The molecule has 9 heteroatoms. The number of aromatic hydroxyl groups is 2. The topological polar surface area (TPSA) is 126 Å². The van der Waals surface area contributed by atoms with Crippen molar-refractivity contribution in [2.75, 3.05) is 0 Å². The highest BCUT2D eigenvalue weighted by molar-refractivity contribution is 5.55. The van der Waals surface area contributed by atoms with Crippen molar-refractivity contribution in [2.45, 2.75) is 211 Å². The molecule has 0 atom stereocenters. The van der Waals surface area contributed by atoms with Gasteiger partial charge >= 0.3 is 0 Å². The van der Waals surface area contributed by atoms with Crippen molar-refractivity contribution < 1.29 is 10.2 Å². The second-order valence-electron chi connectivity index (χ2n) is 21.9. The summed E-state index contributed by atoms with van der Waals surface area (Å²) in [5.74, 6) is 0.750. The van der Waals surface area contributed by atoms with Crippen molar-refractivity contribution in [1.29, 1.82) is 0 Å². The zero-order valence-corrected chi connectivity index (χ0v) is 45.1. The maximum atomic E-state index is 12.2. The Balaban J connectivity index is 1.47. The van der Waals surface area contributed by atoms with Crippen molar-refractivity contribution >= 4 is 0 Å². The Morgan fingerprint density at radius 3 is 0.814 bits per heavy atom. The van der Waals surface area contributed by atoms with Gasteiger partial charge in [-0.3, -0.25) is 4.98 Å². The van der Waals surface area contributed by atoms with E-state index < -0.39 is 0 Å².